The largest absolute Gasteiger partial charge is 0.497 e. The van der Waals surface area contributed by atoms with Crippen LogP contribution in [-0.2, 0) is 22.6 Å². The first-order valence-electron chi connectivity index (χ1n) is 8.96. The number of hydrogen-bond donors (Lipinski definition) is 0. The van der Waals surface area contributed by atoms with Crippen LogP contribution >= 0.6 is 0 Å². The second-order valence-electron chi connectivity index (χ2n) is 6.23. The van der Waals surface area contributed by atoms with Crippen molar-refractivity contribution in [3.05, 3.63) is 65.2 Å². The van der Waals surface area contributed by atoms with Crippen molar-refractivity contribution in [2.45, 2.75) is 32.8 Å². The lowest BCUT2D eigenvalue weighted by molar-refractivity contribution is -0.137. The van der Waals surface area contributed by atoms with Gasteiger partial charge in [0.25, 0.3) is 0 Å². The van der Waals surface area contributed by atoms with E-state index in [0.717, 1.165) is 47.5 Å². The van der Waals surface area contributed by atoms with Crippen LogP contribution < -0.4 is 9.47 Å². The summed E-state index contributed by atoms with van der Waals surface area (Å²) < 4.78 is 16.1. The van der Waals surface area contributed by atoms with Crippen molar-refractivity contribution in [1.29, 1.82) is 0 Å². The molecule has 0 atom stereocenters. The molecule has 3 rings (SSSR count). The number of carbonyl (C=O) groups is 1. The van der Waals surface area contributed by atoms with Crippen LogP contribution in [0.5, 0.6) is 11.5 Å². The van der Waals surface area contributed by atoms with Gasteiger partial charge in [-0.15, -0.1) is 0 Å². The Morgan fingerprint density at radius 3 is 2.58 bits per heavy atom. The van der Waals surface area contributed by atoms with E-state index in [1.165, 1.54) is 5.56 Å². The van der Waals surface area contributed by atoms with Crippen molar-refractivity contribution in [3.8, 4) is 11.5 Å². The topological polar surface area (TPSA) is 44.8 Å². The molecule has 0 radical (unpaired) electrons. The number of fused-ring (bicyclic) bond motifs is 1. The third kappa shape index (κ3) is 4.45. The summed E-state index contributed by atoms with van der Waals surface area (Å²) in [6.07, 6.45) is 4.55. The molecule has 1 aliphatic carbocycles. The highest BCUT2D eigenvalue weighted by atomic mass is 16.5. The zero-order chi connectivity index (χ0) is 18.4. The Balaban J connectivity index is 1.70. The molecule has 0 saturated heterocycles. The highest BCUT2D eigenvalue weighted by Crippen LogP contribution is 2.33. The van der Waals surface area contributed by atoms with Gasteiger partial charge in [0.15, 0.2) is 0 Å². The number of hydrogen-bond acceptors (Lipinski definition) is 4. The minimum Gasteiger partial charge on any atom is -0.497 e. The summed E-state index contributed by atoms with van der Waals surface area (Å²) >= 11 is 0. The number of methoxy groups -OCH3 is 1. The highest BCUT2D eigenvalue weighted by molar-refractivity contribution is 5.92. The fraction of sp³-hybridized carbons (Fsp3) is 0.318. The molecule has 4 heteroatoms. The van der Waals surface area contributed by atoms with Gasteiger partial charge in [-0.2, -0.15) is 0 Å². The second-order valence-corrected chi connectivity index (χ2v) is 6.23. The minimum absolute atomic E-state index is 0.268. The fourth-order valence-corrected chi connectivity index (χ4v) is 3.15. The first-order valence-corrected chi connectivity index (χ1v) is 8.96. The fourth-order valence-electron chi connectivity index (χ4n) is 3.15. The van der Waals surface area contributed by atoms with Gasteiger partial charge in [0.05, 0.1) is 13.7 Å². The van der Waals surface area contributed by atoms with Crippen LogP contribution in [0.4, 0.5) is 0 Å². The molecule has 0 heterocycles. The lowest BCUT2D eigenvalue weighted by Gasteiger charge is -2.20. The molecule has 0 N–H and O–H groups in total. The van der Waals surface area contributed by atoms with Gasteiger partial charge in [0.2, 0.25) is 0 Å². The van der Waals surface area contributed by atoms with Crippen LogP contribution in [0.1, 0.15) is 36.5 Å². The Morgan fingerprint density at radius 2 is 1.85 bits per heavy atom. The molecule has 4 nitrogen and oxygen atoms in total. The van der Waals surface area contributed by atoms with Crippen molar-refractivity contribution >= 4 is 11.5 Å². The van der Waals surface area contributed by atoms with Gasteiger partial charge in [-0.05, 0) is 72.7 Å². The normalized spacial score (nSPS) is 14.6. The number of rotatable bonds is 6. The molecule has 2 aromatic rings. The molecule has 0 unspecified atom stereocenters. The van der Waals surface area contributed by atoms with Crippen LogP contribution in [0.15, 0.2) is 48.5 Å². The summed E-state index contributed by atoms with van der Waals surface area (Å²) in [6.45, 7) is 2.72. The van der Waals surface area contributed by atoms with Crippen molar-refractivity contribution in [1.82, 2.24) is 0 Å². The zero-order valence-corrected chi connectivity index (χ0v) is 15.3. The number of benzene rings is 2. The summed E-state index contributed by atoms with van der Waals surface area (Å²) in [5, 5.41) is 0. The predicted molar refractivity (Wildman–Crippen MR) is 101 cm³/mol. The molecule has 136 valence electrons. The Kier molecular flexibility index (Phi) is 5.95. The van der Waals surface area contributed by atoms with Crippen LogP contribution in [0.2, 0.25) is 0 Å². The lowest BCUT2D eigenvalue weighted by Crippen LogP contribution is -2.06. The molecule has 2 aromatic carbocycles. The van der Waals surface area contributed by atoms with Gasteiger partial charge >= 0.3 is 5.97 Å². The third-order valence-corrected chi connectivity index (χ3v) is 4.46. The molecule has 0 aliphatic heterocycles. The maximum atomic E-state index is 11.8. The first kappa shape index (κ1) is 18.1. The van der Waals surface area contributed by atoms with Crippen LogP contribution in [-0.4, -0.2) is 19.7 Å². The van der Waals surface area contributed by atoms with Gasteiger partial charge in [0, 0.05) is 6.08 Å². The van der Waals surface area contributed by atoms with Gasteiger partial charge in [-0.1, -0.05) is 18.2 Å². The average molecular weight is 352 g/mol. The summed E-state index contributed by atoms with van der Waals surface area (Å²) in [5.41, 5.74) is 4.48. The van der Waals surface area contributed by atoms with E-state index in [1.54, 1.807) is 13.2 Å². The van der Waals surface area contributed by atoms with Gasteiger partial charge < -0.3 is 14.2 Å². The minimum atomic E-state index is -0.268. The Morgan fingerprint density at radius 1 is 1.08 bits per heavy atom. The Hall–Kier alpha value is -2.75. The van der Waals surface area contributed by atoms with E-state index in [1.807, 2.05) is 43.3 Å². The Bertz CT molecular complexity index is 790. The Labute approximate surface area is 154 Å². The molecule has 0 amide bonds. The van der Waals surface area contributed by atoms with E-state index in [0.29, 0.717) is 13.2 Å². The molecule has 0 saturated carbocycles. The molecule has 0 bridgehead atoms. The van der Waals surface area contributed by atoms with Crippen LogP contribution in [0.3, 0.4) is 0 Å². The van der Waals surface area contributed by atoms with Crippen LogP contribution in [0.25, 0.3) is 5.57 Å². The molecular weight excluding hydrogens is 328 g/mol. The van der Waals surface area contributed by atoms with E-state index < -0.39 is 0 Å². The van der Waals surface area contributed by atoms with Crippen molar-refractivity contribution in [2.24, 2.45) is 0 Å². The summed E-state index contributed by atoms with van der Waals surface area (Å²) in [5.74, 6) is 1.41. The maximum absolute atomic E-state index is 11.8. The quantitative estimate of drug-likeness (QED) is 0.565. The monoisotopic (exact) mass is 352 g/mol. The second kappa shape index (κ2) is 8.56. The smallest absolute Gasteiger partial charge is 0.331 e. The van der Waals surface area contributed by atoms with Gasteiger partial charge in [-0.3, -0.25) is 0 Å². The molecule has 26 heavy (non-hydrogen) atoms. The lowest BCUT2D eigenvalue weighted by atomic mass is 9.87. The molecular formula is C22H24O4. The summed E-state index contributed by atoms with van der Waals surface area (Å²) in [4.78, 5) is 11.8. The standard InChI is InChI=1S/C22H24O4/c1-3-25-22(23)14-18-6-4-5-17-13-20(11-12-21(17)18)26-15-16-7-9-19(24-2)10-8-16/h7-14H,3-6,15H2,1-2H3. The van der Waals surface area contributed by atoms with Gasteiger partial charge in [0.1, 0.15) is 18.1 Å². The van der Waals surface area contributed by atoms with E-state index in [4.69, 9.17) is 14.2 Å². The number of ether oxygens (including phenoxy) is 3. The maximum Gasteiger partial charge on any atom is 0.331 e. The van der Waals surface area contributed by atoms with Gasteiger partial charge in [-0.25, -0.2) is 4.79 Å². The zero-order valence-electron chi connectivity index (χ0n) is 15.3. The number of esters is 1. The van der Waals surface area contributed by atoms with E-state index in [2.05, 4.69) is 6.07 Å². The first-order chi connectivity index (χ1) is 12.7. The van der Waals surface area contributed by atoms with E-state index >= 15 is 0 Å². The summed E-state index contributed by atoms with van der Waals surface area (Å²) in [7, 11) is 1.66. The number of aryl methyl sites for hydroxylation is 1. The van der Waals surface area contributed by atoms with E-state index in [-0.39, 0.29) is 5.97 Å². The third-order valence-electron chi connectivity index (χ3n) is 4.46. The highest BCUT2D eigenvalue weighted by Gasteiger charge is 2.16. The van der Waals surface area contributed by atoms with E-state index in [9.17, 15) is 4.79 Å². The SMILES string of the molecule is CCOC(=O)C=C1CCCc2cc(OCc3ccc(OC)cc3)ccc21. The molecule has 0 spiro atoms. The summed E-state index contributed by atoms with van der Waals surface area (Å²) in [6, 6.07) is 13.9. The molecule has 0 fully saturated rings. The number of allylic oxidation sites excluding steroid dienone is 1. The molecule has 0 aromatic heterocycles. The molecule has 1 aliphatic rings. The van der Waals surface area contributed by atoms with Crippen molar-refractivity contribution in [2.75, 3.05) is 13.7 Å². The van der Waals surface area contributed by atoms with Crippen molar-refractivity contribution in [3.63, 3.8) is 0 Å². The number of carbonyl (C=O) groups excluding carboxylic acids is 1. The average Bonchev–Trinajstić information content (AvgIpc) is 2.67. The van der Waals surface area contributed by atoms with Crippen LogP contribution in [0, 0.1) is 0 Å². The van der Waals surface area contributed by atoms with Crippen molar-refractivity contribution < 1.29 is 19.0 Å². The predicted octanol–water partition coefficient (Wildman–Crippen LogP) is 4.56.